The van der Waals surface area contributed by atoms with Crippen molar-refractivity contribution >= 4 is 32.3 Å². The first-order valence-electron chi connectivity index (χ1n) is 7.76. The number of aromatic hydroxyl groups is 1. The van der Waals surface area contributed by atoms with E-state index < -0.39 is 5.60 Å². The lowest BCUT2D eigenvalue weighted by molar-refractivity contribution is 0.0802. The lowest BCUT2D eigenvalue weighted by Crippen LogP contribution is -2.15. The zero-order valence-electron chi connectivity index (χ0n) is 13.2. The van der Waals surface area contributed by atoms with E-state index in [4.69, 9.17) is 0 Å². The third kappa shape index (κ3) is 2.07. The molecule has 23 heavy (non-hydrogen) atoms. The number of fused-ring (bicyclic) bond motifs is 5. The van der Waals surface area contributed by atoms with E-state index in [1.54, 1.807) is 26.0 Å². The Hall–Kier alpha value is -2.58. The maximum Gasteiger partial charge on any atom is 0.124 e. The minimum absolute atomic E-state index is 0.244. The van der Waals surface area contributed by atoms with Crippen LogP contribution in [0.4, 0.5) is 0 Å². The Labute approximate surface area is 134 Å². The van der Waals surface area contributed by atoms with E-state index in [0.717, 1.165) is 27.1 Å². The van der Waals surface area contributed by atoms with Crippen molar-refractivity contribution in [3.8, 4) is 5.75 Å². The van der Waals surface area contributed by atoms with Crippen molar-refractivity contribution in [2.75, 3.05) is 0 Å². The van der Waals surface area contributed by atoms with E-state index in [9.17, 15) is 10.2 Å². The van der Waals surface area contributed by atoms with Crippen LogP contribution in [0, 0.1) is 0 Å². The average Bonchev–Trinajstić information content (AvgIpc) is 2.53. The largest absolute Gasteiger partial charge is 0.507 e. The molecule has 0 heterocycles. The summed E-state index contributed by atoms with van der Waals surface area (Å²) in [6.07, 6.45) is 0. The number of benzene rings is 4. The van der Waals surface area contributed by atoms with Gasteiger partial charge >= 0.3 is 0 Å². The SMILES string of the molecule is CC(C)(O)c1ccc(O)c2c1ccc1c3ccccc3ccc12. The van der Waals surface area contributed by atoms with Crippen molar-refractivity contribution in [3.05, 3.63) is 66.2 Å². The summed E-state index contributed by atoms with van der Waals surface area (Å²) < 4.78 is 0. The van der Waals surface area contributed by atoms with Crippen LogP contribution in [-0.2, 0) is 5.60 Å². The van der Waals surface area contributed by atoms with Gasteiger partial charge in [0.25, 0.3) is 0 Å². The van der Waals surface area contributed by atoms with Gasteiger partial charge in [0.15, 0.2) is 0 Å². The Morgan fingerprint density at radius 3 is 2.17 bits per heavy atom. The molecular weight excluding hydrogens is 284 g/mol. The summed E-state index contributed by atoms with van der Waals surface area (Å²) in [6.45, 7) is 3.53. The monoisotopic (exact) mass is 302 g/mol. The van der Waals surface area contributed by atoms with Crippen LogP contribution in [0.1, 0.15) is 19.4 Å². The standard InChI is InChI=1S/C21H18O2/c1-21(2,23)18-11-12-19(22)20-16-8-7-13-5-3-4-6-14(13)15(16)9-10-17(18)20/h3-12,22-23H,1-2H3. The molecule has 0 saturated heterocycles. The second-order valence-electron chi connectivity index (χ2n) is 6.56. The highest BCUT2D eigenvalue weighted by Gasteiger charge is 2.21. The molecule has 0 aromatic heterocycles. The molecule has 0 atom stereocenters. The van der Waals surface area contributed by atoms with Crippen molar-refractivity contribution in [2.24, 2.45) is 0 Å². The molecule has 2 heteroatoms. The molecular formula is C21H18O2. The normalized spacial score (nSPS) is 12.3. The quantitative estimate of drug-likeness (QED) is 0.481. The van der Waals surface area contributed by atoms with Gasteiger partial charge in [-0.3, -0.25) is 0 Å². The summed E-state index contributed by atoms with van der Waals surface area (Å²) >= 11 is 0. The topological polar surface area (TPSA) is 40.5 Å². The molecule has 0 fully saturated rings. The van der Waals surface area contributed by atoms with Gasteiger partial charge in [-0.05, 0) is 52.4 Å². The molecule has 0 unspecified atom stereocenters. The van der Waals surface area contributed by atoms with E-state index in [1.807, 2.05) is 24.3 Å². The first-order valence-corrected chi connectivity index (χ1v) is 7.76. The van der Waals surface area contributed by atoms with Crippen molar-refractivity contribution < 1.29 is 10.2 Å². The zero-order valence-corrected chi connectivity index (χ0v) is 13.2. The molecule has 2 N–H and O–H groups in total. The second-order valence-corrected chi connectivity index (χ2v) is 6.56. The number of hydrogen-bond acceptors (Lipinski definition) is 2. The van der Waals surface area contributed by atoms with Crippen LogP contribution >= 0.6 is 0 Å². The summed E-state index contributed by atoms with van der Waals surface area (Å²) in [5.74, 6) is 0.244. The Kier molecular flexibility index (Phi) is 2.87. The van der Waals surface area contributed by atoms with Gasteiger partial charge in [-0.15, -0.1) is 0 Å². The average molecular weight is 302 g/mol. The molecule has 4 aromatic rings. The van der Waals surface area contributed by atoms with Gasteiger partial charge in [0.2, 0.25) is 0 Å². The highest BCUT2D eigenvalue weighted by Crippen LogP contribution is 2.39. The summed E-state index contributed by atoms with van der Waals surface area (Å²) in [5.41, 5.74) is -0.142. The van der Waals surface area contributed by atoms with Gasteiger partial charge in [0.1, 0.15) is 5.75 Å². The summed E-state index contributed by atoms with van der Waals surface area (Å²) in [7, 11) is 0. The second kappa shape index (κ2) is 4.71. The number of phenolic OH excluding ortho intramolecular Hbond substituents is 1. The van der Waals surface area contributed by atoms with E-state index in [2.05, 4.69) is 24.3 Å². The molecule has 114 valence electrons. The summed E-state index contributed by atoms with van der Waals surface area (Å²) in [6, 6.07) is 19.9. The van der Waals surface area contributed by atoms with E-state index in [-0.39, 0.29) is 5.75 Å². The van der Waals surface area contributed by atoms with Gasteiger partial charge in [-0.1, -0.05) is 54.6 Å². The van der Waals surface area contributed by atoms with Crippen LogP contribution in [0.5, 0.6) is 5.75 Å². The minimum atomic E-state index is -0.962. The zero-order chi connectivity index (χ0) is 16.2. The first kappa shape index (κ1) is 14.0. The molecule has 0 bridgehead atoms. The van der Waals surface area contributed by atoms with Crippen LogP contribution in [0.15, 0.2) is 60.7 Å². The van der Waals surface area contributed by atoms with Crippen LogP contribution < -0.4 is 0 Å². The maximum atomic E-state index is 10.4. The highest BCUT2D eigenvalue weighted by molar-refractivity contribution is 6.19. The Balaban J connectivity index is 2.24. The Morgan fingerprint density at radius 2 is 1.39 bits per heavy atom. The van der Waals surface area contributed by atoms with Gasteiger partial charge in [0.05, 0.1) is 5.60 Å². The van der Waals surface area contributed by atoms with Gasteiger partial charge in [-0.2, -0.15) is 0 Å². The fourth-order valence-corrected chi connectivity index (χ4v) is 3.46. The first-order chi connectivity index (χ1) is 11.0. The fraction of sp³-hybridized carbons (Fsp3) is 0.143. The van der Waals surface area contributed by atoms with Crippen LogP contribution in [0.25, 0.3) is 32.3 Å². The lowest BCUT2D eigenvalue weighted by Gasteiger charge is -2.21. The fourth-order valence-electron chi connectivity index (χ4n) is 3.46. The van der Waals surface area contributed by atoms with E-state index in [0.29, 0.717) is 0 Å². The Bertz CT molecular complexity index is 1060. The molecule has 0 saturated carbocycles. The number of hydrogen-bond donors (Lipinski definition) is 2. The van der Waals surface area contributed by atoms with Gasteiger partial charge in [0, 0.05) is 5.39 Å². The van der Waals surface area contributed by atoms with Crippen molar-refractivity contribution in [2.45, 2.75) is 19.4 Å². The van der Waals surface area contributed by atoms with Crippen molar-refractivity contribution in [1.29, 1.82) is 0 Å². The maximum absolute atomic E-state index is 10.4. The van der Waals surface area contributed by atoms with Crippen LogP contribution in [-0.4, -0.2) is 10.2 Å². The molecule has 0 aliphatic heterocycles. The number of phenols is 1. The Morgan fingerprint density at radius 1 is 0.696 bits per heavy atom. The lowest BCUT2D eigenvalue weighted by atomic mass is 9.89. The highest BCUT2D eigenvalue weighted by atomic mass is 16.3. The molecule has 4 aromatic carbocycles. The number of rotatable bonds is 1. The molecule has 0 radical (unpaired) electrons. The molecule has 4 rings (SSSR count). The van der Waals surface area contributed by atoms with Gasteiger partial charge in [-0.25, -0.2) is 0 Å². The summed E-state index contributed by atoms with van der Waals surface area (Å²) in [5, 5.41) is 27.0. The molecule has 0 aliphatic rings. The molecule has 0 spiro atoms. The van der Waals surface area contributed by atoms with Crippen molar-refractivity contribution in [1.82, 2.24) is 0 Å². The molecule has 2 nitrogen and oxygen atoms in total. The smallest absolute Gasteiger partial charge is 0.124 e. The summed E-state index contributed by atoms with van der Waals surface area (Å²) in [4.78, 5) is 0. The predicted molar refractivity (Wildman–Crippen MR) is 95.9 cm³/mol. The molecule has 0 aliphatic carbocycles. The minimum Gasteiger partial charge on any atom is -0.507 e. The molecule has 0 amide bonds. The third-order valence-corrected chi connectivity index (χ3v) is 4.54. The van der Waals surface area contributed by atoms with Crippen LogP contribution in [0.3, 0.4) is 0 Å². The van der Waals surface area contributed by atoms with Gasteiger partial charge < -0.3 is 10.2 Å². The van der Waals surface area contributed by atoms with E-state index in [1.165, 1.54) is 10.8 Å². The van der Waals surface area contributed by atoms with Crippen molar-refractivity contribution in [3.63, 3.8) is 0 Å². The van der Waals surface area contributed by atoms with Crippen LogP contribution in [0.2, 0.25) is 0 Å². The third-order valence-electron chi connectivity index (χ3n) is 4.54. The van der Waals surface area contributed by atoms with E-state index >= 15 is 0 Å². The predicted octanol–water partition coefficient (Wildman–Crippen LogP) is 5.08. The number of aliphatic hydroxyl groups is 1.